The third-order valence-corrected chi connectivity index (χ3v) is 4.77. The molecule has 2 N–H and O–H groups in total. The van der Waals surface area contributed by atoms with Gasteiger partial charge in [-0.2, -0.15) is 0 Å². The van der Waals surface area contributed by atoms with Crippen molar-refractivity contribution < 1.29 is 0 Å². The first kappa shape index (κ1) is 20.4. The minimum Gasteiger partial charge on any atom is -0.351 e. The van der Waals surface area contributed by atoms with Gasteiger partial charge in [-0.3, -0.25) is 0 Å². The SMILES string of the molecule is Cc1ccc(CN=C(NCc2scnc2C)Nc2ccccc2)cc1.I. The van der Waals surface area contributed by atoms with Crippen molar-refractivity contribution in [3.8, 4) is 0 Å². The Morgan fingerprint density at radius 1 is 1.04 bits per heavy atom. The van der Waals surface area contributed by atoms with Crippen LogP contribution >= 0.6 is 35.3 Å². The molecule has 3 aromatic rings. The highest BCUT2D eigenvalue weighted by atomic mass is 127. The fourth-order valence-corrected chi connectivity index (χ4v) is 3.04. The van der Waals surface area contributed by atoms with Gasteiger partial charge in [0.2, 0.25) is 0 Å². The zero-order valence-corrected chi connectivity index (χ0v) is 18.0. The van der Waals surface area contributed by atoms with Gasteiger partial charge in [0.15, 0.2) is 5.96 Å². The van der Waals surface area contributed by atoms with E-state index < -0.39 is 0 Å². The first-order valence-electron chi connectivity index (χ1n) is 8.25. The Labute approximate surface area is 175 Å². The van der Waals surface area contributed by atoms with Gasteiger partial charge in [-0.05, 0) is 31.5 Å². The van der Waals surface area contributed by atoms with E-state index in [1.165, 1.54) is 16.0 Å². The van der Waals surface area contributed by atoms with Crippen molar-refractivity contribution >= 4 is 47.0 Å². The second kappa shape index (κ2) is 10.3. The number of hydrogen-bond donors (Lipinski definition) is 2. The van der Waals surface area contributed by atoms with E-state index in [0.717, 1.165) is 17.3 Å². The van der Waals surface area contributed by atoms with Gasteiger partial charge in [0.05, 0.1) is 24.3 Å². The first-order chi connectivity index (χ1) is 12.2. The van der Waals surface area contributed by atoms with Gasteiger partial charge in [0.25, 0.3) is 0 Å². The van der Waals surface area contributed by atoms with E-state index in [1.807, 2.05) is 42.8 Å². The molecule has 1 aromatic heterocycles. The molecule has 2 aromatic carbocycles. The molecule has 136 valence electrons. The number of aliphatic imine (C=N–C) groups is 1. The average Bonchev–Trinajstić information content (AvgIpc) is 3.04. The maximum absolute atomic E-state index is 4.73. The molecule has 1 heterocycles. The number of anilines is 1. The van der Waals surface area contributed by atoms with Crippen molar-refractivity contribution in [3.63, 3.8) is 0 Å². The Morgan fingerprint density at radius 3 is 2.42 bits per heavy atom. The number of thiazole rings is 1. The number of halogens is 1. The molecule has 26 heavy (non-hydrogen) atoms. The molecule has 0 saturated carbocycles. The summed E-state index contributed by atoms with van der Waals surface area (Å²) >= 11 is 1.66. The number of benzene rings is 2. The van der Waals surface area contributed by atoms with Crippen molar-refractivity contribution in [2.24, 2.45) is 4.99 Å². The van der Waals surface area contributed by atoms with Crippen LogP contribution in [-0.4, -0.2) is 10.9 Å². The van der Waals surface area contributed by atoms with Crippen molar-refractivity contribution in [2.75, 3.05) is 5.32 Å². The zero-order chi connectivity index (χ0) is 17.5. The second-order valence-corrected chi connectivity index (χ2v) is 6.80. The van der Waals surface area contributed by atoms with Gasteiger partial charge < -0.3 is 10.6 Å². The van der Waals surface area contributed by atoms with Crippen molar-refractivity contribution in [1.29, 1.82) is 0 Å². The van der Waals surface area contributed by atoms with E-state index in [2.05, 4.69) is 46.8 Å². The molecule has 0 aliphatic carbocycles. The second-order valence-electron chi connectivity index (χ2n) is 5.86. The molecule has 0 unspecified atom stereocenters. The Bertz CT molecular complexity index is 829. The summed E-state index contributed by atoms with van der Waals surface area (Å²) in [5.41, 5.74) is 6.40. The van der Waals surface area contributed by atoms with E-state index >= 15 is 0 Å². The number of aryl methyl sites for hydroxylation is 2. The lowest BCUT2D eigenvalue weighted by molar-refractivity contribution is 0.896. The van der Waals surface area contributed by atoms with Crippen molar-refractivity contribution in [2.45, 2.75) is 26.9 Å². The monoisotopic (exact) mass is 478 g/mol. The quantitative estimate of drug-likeness (QED) is 0.304. The number of aromatic nitrogens is 1. The van der Waals surface area contributed by atoms with Gasteiger partial charge in [-0.25, -0.2) is 9.98 Å². The van der Waals surface area contributed by atoms with Crippen LogP contribution in [0.5, 0.6) is 0 Å². The Kier molecular flexibility index (Phi) is 8.06. The summed E-state index contributed by atoms with van der Waals surface area (Å²) in [6.07, 6.45) is 0. The van der Waals surface area contributed by atoms with Crippen LogP contribution in [0.4, 0.5) is 5.69 Å². The molecule has 0 aliphatic rings. The van der Waals surface area contributed by atoms with E-state index in [-0.39, 0.29) is 24.0 Å². The highest BCUT2D eigenvalue weighted by molar-refractivity contribution is 14.0. The fourth-order valence-electron chi connectivity index (χ4n) is 2.32. The summed E-state index contributed by atoms with van der Waals surface area (Å²) in [5.74, 6) is 0.763. The molecule has 4 nitrogen and oxygen atoms in total. The lowest BCUT2D eigenvalue weighted by Crippen LogP contribution is -2.30. The van der Waals surface area contributed by atoms with E-state index in [4.69, 9.17) is 4.99 Å². The Hall–Kier alpha value is -1.93. The van der Waals surface area contributed by atoms with E-state index in [1.54, 1.807) is 11.3 Å². The number of guanidine groups is 1. The predicted molar refractivity (Wildman–Crippen MR) is 121 cm³/mol. The minimum absolute atomic E-state index is 0. The van der Waals surface area contributed by atoms with Crippen LogP contribution in [0, 0.1) is 13.8 Å². The topological polar surface area (TPSA) is 49.3 Å². The normalized spacial score (nSPS) is 10.9. The van der Waals surface area contributed by atoms with Crippen LogP contribution in [0.15, 0.2) is 65.1 Å². The van der Waals surface area contributed by atoms with Crippen LogP contribution < -0.4 is 10.6 Å². The fraction of sp³-hybridized carbons (Fsp3) is 0.200. The third kappa shape index (κ3) is 6.10. The van der Waals surface area contributed by atoms with Crippen LogP contribution in [0.3, 0.4) is 0 Å². The molecular formula is C20H23IN4S. The predicted octanol–water partition coefficient (Wildman–Crippen LogP) is 5.14. The minimum atomic E-state index is 0. The molecular weight excluding hydrogens is 455 g/mol. The highest BCUT2D eigenvalue weighted by Crippen LogP contribution is 2.12. The lowest BCUT2D eigenvalue weighted by Gasteiger charge is -2.12. The van der Waals surface area contributed by atoms with Crippen LogP contribution in [0.25, 0.3) is 0 Å². The van der Waals surface area contributed by atoms with Crippen LogP contribution in [-0.2, 0) is 13.1 Å². The molecule has 0 saturated heterocycles. The summed E-state index contributed by atoms with van der Waals surface area (Å²) in [4.78, 5) is 10.2. The zero-order valence-electron chi connectivity index (χ0n) is 14.9. The Balaban J connectivity index is 0.00000243. The maximum atomic E-state index is 4.73. The number of para-hydroxylation sites is 1. The third-order valence-electron chi connectivity index (χ3n) is 3.84. The van der Waals surface area contributed by atoms with Gasteiger partial charge >= 0.3 is 0 Å². The Morgan fingerprint density at radius 2 is 1.77 bits per heavy atom. The molecule has 3 rings (SSSR count). The molecule has 0 amide bonds. The smallest absolute Gasteiger partial charge is 0.196 e. The van der Waals surface area contributed by atoms with E-state index in [9.17, 15) is 0 Å². The van der Waals surface area contributed by atoms with Crippen molar-refractivity contribution in [1.82, 2.24) is 10.3 Å². The van der Waals surface area contributed by atoms with E-state index in [0.29, 0.717) is 13.1 Å². The number of nitrogens with zero attached hydrogens (tertiary/aromatic N) is 2. The molecule has 0 aliphatic heterocycles. The largest absolute Gasteiger partial charge is 0.351 e. The molecule has 0 fully saturated rings. The average molecular weight is 478 g/mol. The lowest BCUT2D eigenvalue weighted by atomic mass is 10.1. The highest BCUT2D eigenvalue weighted by Gasteiger charge is 2.04. The number of rotatable bonds is 5. The van der Waals surface area contributed by atoms with Gasteiger partial charge in [-0.1, -0.05) is 48.0 Å². The maximum Gasteiger partial charge on any atom is 0.196 e. The standard InChI is InChI=1S/C20H22N4S.HI/c1-15-8-10-17(11-9-15)12-21-20(24-18-6-4-3-5-7-18)22-13-19-16(2)23-14-25-19;/h3-11,14H,12-13H2,1-2H3,(H2,21,22,24);1H. The van der Waals surface area contributed by atoms with Crippen LogP contribution in [0.2, 0.25) is 0 Å². The number of hydrogen-bond acceptors (Lipinski definition) is 3. The summed E-state index contributed by atoms with van der Waals surface area (Å²) in [5, 5.41) is 6.77. The summed E-state index contributed by atoms with van der Waals surface area (Å²) < 4.78 is 0. The molecule has 0 spiro atoms. The van der Waals surface area contributed by atoms with Gasteiger partial charge in [0, 0.05) is 10.6 Å². The summed E-state index contributed by atoms with van der Waals surface area (Å²) in [6, 6.07) is 18.5. The molecule has 0 radical (unpaired) electrons. The van der Waals surface area contributed by atoms with Crippen LogP contribution in [0.1, 0.15) is 21.7 Å². The molecule has 0 bridgehead atoms. The summed E-state index contributed by atoms with van der Waals surface area (Å²) in [6.45, 7) is 5.46. The van der Waals surface area contributed by atoms with Gasteiger partial charge in [-0.15, -0.1) is 35.3 Å². The molecule has 6 heteroatoms. The molecule has 0 atom stereocenters. The van der Waals surface area contributed by atoms with Gasteiger partial charge in [0.1, 0.15) is 0 Å². The number of nitrogens with one attached hydrogen (secondary N) is 2. The van der Waals surface area contributed by atoms with Crippen molar-refractivity contribution in [3.05, 3.63) is 81.8 Å². The first-order valence-corrected chi connectivity index (χ1v) is 9.13. The summed E-state index contributed by atoms with van der Waals surface area (Å²) in [7, 11) is 0.